The molecule has 1 aliphatic rings. The number of hydrogen-bond donors (Lipinski definition) is 1. The van der Waals surface area contributed by atoms with Crippen LogP contribution in [0.3, 0.4) is 0 Å². The van der Waals surface area contributed by atoms with Crippen molar-refractivity contribution in [1.29, 1.82) is 0 Å². The molecule has 0 aliphatic carbocycles. The molecule has 9 heteroatoms. The second kappa shape index (κ2) is 6.62. The van der Waals surface area contributed by atoms with E-state index in [-0.39, 0.29) is 19.7 Å². The molecule has 0 aromatic rings. The molecule has 0 amide bonds. The lowest BCUT2D eigenvalue weighted by Crippen LogP contribution is -2.46. The Morgan fingerprint density at radius 2 is 2.17 bits per heavy atom. The normalized spacial score (nSPS) is 17.1. The Balaban J connectivity index is 2.13. The van der Waals surface area contributed by atoms with E-state index in [1.807, 2.05) is 0 Å². The highest BCUT2D eigenvalue weighted by atomic mass is 16.8. The van der Waals surface area contributed by atoms with E-state index in [1.54, 1.807) is 6.92 Å². The lowest BCUT2D eigenvalue weighted by molar-refractivity contribution is -0.150. The summed E-state index contributed by atoms with van der Waals surface area (Å²) in [5, 5.41) is 17.0. The zero-order chi connectivity index (χ0) is 13.5. The fourth-order valence-electron chi connectivity index (χ4n) is 1.13. The van der Waals surface area contributed by atoms with Crippen molar-refractivity contribution in [1.82, 2.24) is 5.01 Å². The first kappa shape index (κ1) is 14.0. The fraction of sp³-hybridized carbons (Fsp3) is 0.778. The van der Waals surface area contributed by atoms with E-state index in [0.717, 1.165) is 0 Å². The average molecular weight is 261 g/mol. The number of carbonyl (C=O) groups is 2. The van der Waals surface area contributed by atoms with Gasteiger partial charge in [-0.15, -0.1) is 0 Å². The van der Waals surface area contributed by atoms with Gasteiger partial charge in [-0.3, -0.25) is 9.80 Å². The Morgan fingerprint density at radius 1 is 1.50 bits per heavy atom. The molecular formula is C9H15N3O6. The van der Waals surface area contributed by atoms with Gasteiger partial charge in [-0.05, 0) is 12.1 Å². The summed E-state index contributed by atoms with van der Waals surface area (Å²) in [4.78, 5) is 26.1. The van der Waals surface area contributed by atoms with Crippen molar-refractivity contribution in [3.05, 3.63) is 0 Å². The van der Waals surface area contributed by atoms with Crippen LogP contribution in [0.4, 0.5) is 4.79 Å². The Labute approximate surface area is 103 Å². The molecule has 0 aromatic heterocycles. The molecule has 0 aromatic carbocycles. The number of nitrogens with zero attached hydrogens (tertiary/aromatic N) is 3. The van der Waals surface area contributed by atoms with Crippen molar-refractivity contribution in [3.63, 3.8) is 0 Å². The molecule has 1 N–H and O–H groups in total. The van der Waals surface area contributed by atoms with E-state index in [1.165, 1.54) is 11.9 Å². The maximum absolute atomic E-state index is 10.9. The van der Waals surface area contributed by atoms with Gasteiger partial charge in [-0.1, -0.05) is 0 Å². The Morgan fingerprint density at radius 3 is 2.72 bits per heavy atom. The molecule has 9 nitrogen and oxygen atoms in total. The highest BCUT2D eigenvalue weighted by molar-refractivity contribution is 5.71. The van der Waals surface area contributed by atoms with Crippen LogP contribution < -0.4 is 0 Å². The van der Waals surface area contributed by atoms with Crippen LogP contribution in [0.2, 0.25) is 0 Å². The number of rotatable bonds is 6. The number of carbonyl (C=O) groups excluding carboxylic acids is 1. The van der Waals surface area contributed by atoms with Crippen LogP contribution in [-0.2, 0) is 19.1 Å². The SMILES string of the molecule is CCOC(=O)OC(C)O/N=N\N1CC(C(=O)O)C1. The number of hydrogen-bond acceptors (Lipinski definition) is 7. The predicted molar refractivity (Wildman–Crippen MR) is 56.2 cm³/mol. The van der Waals surface area contributed by atoms with Gasteiger partial charge < -0.3 is 19.4 Å². The summed E-state index contributed by atoms with van der Waals surface area (Å²) in [6, 6.07) is 0. The molecule has 102 valence electrons. The Kier molecular flexibility index (Phi) is 5.15. The van der Waals surface area contributed by atoms with Gasteiger partial charge in [0.2, 0.25) is 0 Å². The van der Waals surface area contributed by atoms with Crippen LogP contribution in [-0.4, -0.2) is 48.2 Å². The van der Waals surface area contributed by atoms with Crippen molar-refractivity contribution in [2.75, 3.05) is 19.7 Å². The molecule has 0 saturated carbocycles. The molecule has 0 spiro atoms. The van der Waals surface area contributed by atoms with Crippen LogP contribution in [0.5, 0.6) is 0 Å². The van der Waals surface area contributed by atoms with E-state index < -0.39 is 24.3 Å². The summed E-state index contributed by atoms with van der Waals surface area (Å²) >= 11 is 0. The third-order valence-corrected chi connectivity index (χ3v) is 2.09. The monoisotopic (exact) mass is 261 g/mol. The highest BCUT2D eigenvalue weighted by Gasteiger charge is 2.32. The molecule has 1 unspecified atom stereocenters. The van der Waals surface area contributed by atoms with Gasteiger partial charge in [-0.2, -0.15) is 0 Å². The van der Waals surface area contributed by atoms with Gasteiger partial charge >= 0.3 is 12.1 Å². The van der Waals surface area contributed by atoms with E-state index in [9.17, 15) is 9.59 Å². The van der Waals surface area contributed by atoms with Gasteiger partial charge in [0.1, 0.15) is 0 Å². The zero-order valence-electron chi connectivity index (χ0n) is 10.1. The molecular weight excluding hydrogens is 246 g/mol. The minimum Gasteiger partial charge on any atom is -0.481 e. The second-order valence-electron chi connectivity index (χ2n) is 3.55. The van der Waals surface area contributed by atoms with Crippen LogP contribution in [0.1, 0.15) is 13.8 Å². The van der Waals surface area contributed by atoms with E-state index in [4.69, 9.17) is 9.94 Å². The van der Waals surface area contributed by atoms with E-state index in [0.29, 0.717) is 0 Å². The van der Waals surface area contributed by atoms with Gasteiger partial charge in [-0.25, -0.2) is 4.79 Å². The van der Waals surface area contributed by atoms with Crippen LogP contribution in [0.25, 0.3) is 0 Å². The maximum atomic E-state index is 10.9. The summed E-state index contributed by atoms with van der Waals surface area (Å²) in [6.07, 6.45) is -1.78. The molecule has 0 bridgehead atoms. The number of ether oxygens (including phenoxy) is 2. The summed E-state index contributed by atoms with van der Waals surface area (Å²) in [6.45, 7) is 3.88. The highest BCUT2D eigenvalue weighted by Crippen LogP contribution is 2.15. The minimum absolute atomic E-state index is 0.206. The van der Waals surface area contributed by atoms with Crippen molar-refractivity contribution >= 4 is 12.1 Å². The molecule has 1 fully saturated rings. The summed E-state index contributed by atoms with van der Waals surface area (Å²) in [7, 11) is 0. The van der Waals surface area contributed by atoms with Crippen molar-refractivity contribution in [3.8, 4) is 0 Å². The molecule has 18 heavy (non-hydrogen) atoms. The van der Waals surface area contributed by atoms with Crippen molar-refractivity contribution in [2.24, 2.45) is 16.4 Å². The quantitative estimate of drug-likeness (QED) is 0.326. The summed E-state index contributed by atoms with van der Waals surface area (Å²) in [5.74, 6) is -1.28. The van der Waals surface area contributed by atoms with Crippen LogP contribution in [0.15, 0.2) is 10.5 Å². The first-order valence-corrected chi connectivity index (χ1v) is 5.40. The molecule has 1 heterocycles. The predicted octanol–water partition coefficient (Wildman–Crippen LogP) is 0.821. The average Bonchev–Trinajstić information content (AvgIpc) is 2.20. The van der Waals surface area contributed by atoms with Gasteiger partial charge in [0, 0.05) is 12.2 Å². The maximum Gasteiger partial charge on any atom is 0.511 e. The molecule has 0 radical (unpaired) electrons. The van der Waals surface area contributed by atoms with Gasteiger partial charge in [0.15, 0.2) is 0 Å². The lowest BCUT2D eigenvalue weighted by Gasteiger charge is -2.32. The first-order valence-electron chi connectivity index (χ1n) is 5.40. The second-order valence-corrected chi connectivity index (χ2v) is 3.55. The fourth-order valence-corrected chi connectivity index (χ4v) is 1.13. The number of aliphatic carboxylic acids is 1. The summed E-state index contributed by atoms with van der Waals surface area (Å²) in [5.41, 5.74) is 0. The molecule has 1 atom stereocenters. The van der Waals surface area contributed by atoms with Crippen molar-refractivity contribution < 1.29 is 29.0 Å². The van der Waals surface area contributed by atoms with Gasteiger partial charge in [0.25, 0.3) is 6.29 Å². The van der Waals surface area contributed by atoms with E-state index >= 15 is 0 Å². The standard InChI is InChI=1S/C9H15N3O6/c1-3-16-9(15)17-6(2)18-11-10-12-4-7(5-12)8(13)14/h6-7H,3-5H2,1-2H3,(H,13,14)/b11-10-. The molecule has 1 saturated heterocycles. The first-order chi connectivity index (χ1) is 8.52. The van der Waals surface area contributed by atoms with Crippen molar-refractivity contribution in [2.45, 2.75) is 20.1 Å². The smallest absolute Gasteiger partial charge is 0.481 e. The van der Waals surface area contributed by atoms with Gasteiger partial charge in [0.05, 0.1) is 25.6 Å². The van der Waals surface area contributed by atoms with Crippen LogP contribution in [0, 0.1) is 5.92 Å². The number of carboxylic acid groups (broad SMARTS) is 1. The third kappa shape index (κ3) is 4.44. The van der Waals surface area contributed by atoms with E-state index in [2.05, 4.69) is 20.0 Å². The Hall–Kier alpha value is -2.06. The zero-order valence-corrected chi connectivity index (χ0v) is 10.1. The third-order valence-electron chi connectivity index (χ3n) is 2.09. The minimum atomic E-state index is -0.927. The summed E-state index contributed by atoms with van der Waals surface area (Å²) < 4.78 is 9.16. The lowest BCUT2D eigenvalue weighted by atomic mass is 10.0. The topological polar surface area (TPSA) is 110 Å². The number of carboxylic acids is 1. The molecule has 1 aliphatic heterocycles. The largest absolute Gasteiger partial charge is 0.511 e. The van der Waals surface area contributed by atoms with Crippen LogP contribution >= 0.6 is 0 Å². The Bertz CT molecular complexity index is 328. The molecule has 1 rings (SSSR count).